The average Bonchev–Trinajstić information content (AvgIpc) is 2.03. The van der Waals surface area contributed by atoms with Gasteiger partial charge in [0.25, 0.3) is 0 Å². The van der Waals surface area contributed by atoms with Crippen molar-refractivity contribution in [1.82, 2.24) is 0 Å². The highest BCUT2D eigenvalue weighted by Gasteiger charge is 2.25. The molecule has 13 heavy (non-hydrogen) atoms. The van der Waals surface area contributed by atoms with Crippen molar-refractivity contribution >= 4 is 13.4 Å². The average molecular weight is 199 g/mol. The quantitative estimate of drug-likeness (QED) is 0.379. The van der Waals surface area contributed by atoms with Gasteiger partial charge in [-0.3, -0.25) is 0 Å². The fourth-order valence-electron chi connectivity index (χ4n) is 1.03. The van der Waals surface area contributed by atoms with E-state index in [1.54, 1.807) is 7.11 Å². The first-order valence-corrected chi connectivity index (χ1v) is 7.76. The van der Waals surface area contributed by atoms with Crippen molar-refractivity contribution in [2.24, 2.45) is 11.1 Å². The van der Waals surface area contributed by atoms with E-state index in [2.05, 4.69) is 38.7 Å². The SMILES string of the molecule is C=C[Si](C)(C)C(CC(C)C)=NOC. The van der Waals surface area contributed by atoms with Crippen LogP contribution < -0.4 is 0 Å². The summed E-state index contributed by atoms with van der Waals surface area (Å²) in [5, 5.41) is 5.31. The third-order valence-corrected chi connectivity index (χ3v) is 4.86. The third-order valence-electron chi connectivity index (χ3n) is 2.06. The Morgan fingerprint density at radius 1 is 1.54 bits per heavy atom. The summed E-state index contributed by atoms with van der Waals surface area (Å²) in [6.07, 6.45) is 1.01. The highest BCUT2D eigenvalue weighted by molar-refractivity contribution is 7.08. The van der Waals surface area contributed by atoms with E-state index in [4.69, 9.17) is 4.84 Å². The maximum Gasteiger partial charge on any atom is 0.126 e. The summed E-state index contributed by atoms with van der Waals surface area (Å²) >= 11 is 0. The molecule has 3 heteroatoms. The highest BCUT2D eigenvalue weighted by Crippen LogP contribution is 2.14. The van der Waals surface area contributed by atoms with E-state index < -0.39 is 8.07 Å². The van der Waals surface area contributed by atoms with E-state index in [9.17, 15) is 0 Å². The summed E-state index contributed by atoms with van der Waals surface area (Å²) in [5.74, 6) is 0.626. The van der Waals surface area contributed by atoms with Crippen molar-refractivity contribution in [3.63, 3.8) is 0 Å². The lowest BCUT2D eigenvalue weighted by molar-refractivity contribution is 0.213. The molecule has 0 unspecified atom stereocenters. The molecule has 0 N–H and O–H groups in total. The predicted molar refractivity (Wildman–Crippen MR) is 61.6 cm³/mol. The molecule has 0 aromatic heterocycles. The van der Waals surface area contributed by atoms with E-state index in [1.165, 1.54) is 5.33 Å². The van der Waals surface area contributed by atoms with Gasteiger partial charge in [0.05, 0.1) is 0 Å². The highest BCUT2D eigenvalue weighted by atomic mass is 28.3. The number of hydrogen-bond acceptors (Lipinski definition) is 2. The van der Waals surface area contributed by atoms with Gasteiger partial charge in [-0.05, 0) is 12.3 Å². The lowest BCUT2D eigenvalue weighted by Gasteiger charge is -2.20. The van der Waals surface area contributed by atoms with Gasteiger partial charge in [0.15, 0.2) is 0 Å². The van der Waals surface area contributed by atoms with E-state index in [0.717, 1.165) is 6.42 Å². The summed E-state index contributed by atoms with van der Waals surface area (Å²) < 4.78 is 0. The van der Waals surface area contributed by atoms with Crippen LogP contribution in [0, 0.1) is 5.92 Å². The molecule has 0 radical (unpaired) electrons. The van der Waals surface area contributed by atoms with Gasteiger partial charge in [0.1, 0.15) is 15.2 Å². The van der Waals surface area contributed by atoms with Gasteiger partial charge in [0.2, 0.25) is 0 Å². The minimum Gasteiger partial charge on any atom is -0.400 e. The maximum absolute atomic E-state index is 4.87. The molecule has 0 rings (SSSR count). The summed E-state index contributed by atoms with van der Waals surface area (Å²) in [7, 11) is 0.103. The normalized spacial score (nSPS) is 13.2. The monoisotopic (exact) mass is 199 g/mol. The Bertz CT molecular complexity index is 197. The summed E-state index contributed by atoms with van der Waals surface area (Å²) in [4.78, 5) is 4.87. The van der Waals surface area contributed by atoms with Gasteiger partial charge in [-0.2, -0.15) is 0 Å². The van der Waals surface area contributed by atoms with Gasteiger partial charge in [0, 0.05) is 5.33 Å². The van der Waals surface area contributed by atoms with Crippen molar-refractivity contribution in [2.45, 2.75) is 33.4 Å². The Morgan fingerprint density at radius 2 is 2.08 bits per heavy atom. The standard InChI is InChI=1S/C10H21NOSi/c1-7-13(5,6)10(11-12-4)8-9(2)3/h7,9H,1,8H2,2-6H3. The van der Waals surface area contributed by atoms with Crippen LogP contribution in [0.5, 0.6) is 0 Å². The molecule has 0 amide bonds. The molecule has 0 atom stereocenters. The zero-order valence-electron chi connectivity index (χ0n) is 9.42. The summed E-state index contributed by atoms with van der Waals surface area (Å²) in [6.45, 7) is 12.7. The molecule has 76 valence electrons. The third kappa shape index (κ3) is 4.27. The Balaban J connectivity index is 4.61. The minimum atomic E-state index is -1.50. The van der Waals surface area contributed by atoms with Crippen LogP contribution in [0.1, 0.15) is 20.3 Å². The molecule has 0 aromatic rings. The van der Waals surface area contributed by atoms with E-state index in [-0.39, 0.29) is 0 Å². The van der Waals surface area contributed by atoms with Crippen molar-refractivity contribution in [3.05, 3.63) is 12.3 Å². The molecule has 0 aromatic carbocycles. The van der Waals surface area contributed by atoms with Crippen LogP contribution in [0.25, 0.3) is 0 Å². The Labute approximate surface area is 82.7 Å². The molecular formula is C10H21NOSi. The predicted octanol–water partition coefficient (Wildman–Crippen LogP) is 3.01. The Hall–Kier alpha value is -0.573. The van der Waals surface area contributed by atoms with Gasteiger partial charge in [-0.1, -0.05) is 32.6 Å². The Kier molecular flexibility index (Phi) is 4.99. The van der Waals surface area contributed by atoms with Gasteiger partial charge in [-0.25, -0.2) is 0 Å². The molecule has 0 aliphatic carbocycles. The fourth-order valence-corrected chi connectivity index (χ4v) is 2.53. The van der Waals surface area contributed by atoms with E-state index in [0.29, 0.717) is 5.92 Å². The van der Waals surface area contributed by atoms with Crippen LogP contribution in [0.4, 0.5) is 0 Å². The number of nitrogens with zero attached hydrogens (tertiary/aromatic N) is 1. The first-order chi connectivity index (χ1) is 5.94. The second-order valence-corrected chi connectivity index (χ2v) is 8.67. The number of rotatable bonds is 5. The molecule has 0 saturated carbocycles. The van der Waals surface area contributed by atoms with E-state index in [1.807, 2.05) is 5.70 Å². The first kappa shape index (κ1) is 12.4. The summed E-state index contributed by atoms with van der Waals surface area (Å²) in [6, 6.07) is 0. The molecule has 2 nitrogen and oxygen atoms in total. The van der Waals surface area contributed by atoms with Crippen LogP contribution in [0.15, 0.2) is 17.4 Å². The second kappa shape index (κ2) is 5.22. The van der Waals surface area contributed by atoms with Gasteiger partial charge in [-0.15, -0.1) is 11.7 Å². The molecule has 0 saturated heterocycles. The van der Waals surface area contributed by atoms with Gasteiger partial charge < -0.3 is 4.84 Å². The van der Waals surface area contributed by atoms with E-state index >= 15 is 0 Å². The first-order valence-electron chi connectivity index (χ1n) is 4.68. The molecule has 0 heterocycles. The van der Waals surface area contributed by atoms with Crippen molar-refractivity contribution in [1.29, 1.82) is 0 Å². The zero-order chi connectivity index (χ0) is 10.5. The molecular weight excluding hydrogens is 178 g/mol. The van der Waals surface area contributed by atoms with Crippen LogP contribution in [0.3, 0.4) is 0 Å². The van der Waals surface area contributed by atoms with Crippen molar-refractivity contribution in [3.8, 4) is 0 Å². The smallest absolute Gasteiger partial charge is 0.126 e. The van der Waals surface area contributed by atoms with Crippen molar-refractivity contribution < 1.29 is 4.84 Å². The number of oxime groups is 1. The second-order valence-electron chi connectivity index (χ2n) is 4.24. The van der Waals surface area contributed by atoms with Crippen molar-refractivity contribution in [2.75, 3.05) is 7.11 Å². The van der Waals surface area contributed by atoms with Crippen LogP contribution in [-0.4, -0.2) is 20.5 Å². The Morgan fingerprint density at radius 3 is 2.38 bits per heavy atom. The lowest BCUT2D eigenvalue weighted by Crippen LogP contribution is -2.36. The van der Waals surface area contributed by atoms with Crippen LogP contribution >= 0.6 is 0 Å². The largest absolute Gasteiger partial charge is 0.400 e. The lowest BCUT2D eigenvalue weighted by atomic mass is 10.1. The topological polar surface area (TPSA) is 21.6 Å². The molecule has 0 aliphatic rings. The molecule has 0 bridgehead atoms. The van der Waals surface area contributed by atoms with Gasteiger partial charge >= 0.3 is 0 Å². The maximum atomic E-state index is 4.87. The molecule has 0 aliphatic heterocycles. The number of hydrogen-bond donors (Lipinski definition) is 0. The zero-order valence-corrected chi connectivity index (χ0v) is 10.4. The van der Waals surface area contributed by atoms with Crippen LogP contribution in [0.2, 0.25) is 13.1 Å². The summed E-state index contributed by atoms with van der Waals surface area (Å²) in [5.41, 5.74) is 2.05. The molecule has 0 spiro atoms. The molecule has 0 fully saturated rings. The minimum absolute atomic E-state index is 0.626. The van der Waals surface area contributed by atoms with Crippen LogP contribution in [-0.2, 0) is 4.84 Å². The fraction of sp³-hybridized carbons (Fsp3) is 0.700.